The number of halogens is 2. The summed E-state index contributed by atoms with van der Waals surface area (Å²) in [5.74, 6) is 0. The fourth-order valence-electron chi connectivity index (χ4n) is 0.158. The Hall–Kier alpha value is 2.30. The van der Waals surface area contributed by atoms with Crippen molar-refractivity contribution in [3.63, 3.8) is 0 Å². The molecule has 0 aliphatic heterocycles. The monoisotopic (exact) mass is 418 g/mol. The van der Waals surface area contributed by atoms with Crippen LogP contribution >= 0.6 is 36.1 Å². The second-order valence-corrected chi connectivity index (χ2v) is 20.1. The Morgan fingerprint density at radius 3 is 1.88 bits per heavy atom. The quantitative estimate of drug-likeness (QED) is 0.683. The van der Waals surface area contributed by atoms with Crippen LogP contribution in [0.25, 0.3) is 0 Å². The van der Waals surface area contributed by atoms with Gasteiger partial charge in [-0.15, -0.1) is 0 Å². The molecule has 0 fully saturated rings. The van der Waals surface area contributed by atoms with E-state index in [1.807, 2.05) is 0 Å². The Labute approximate surface area is 81.0 Å². The van der Waals surface area contributed by atoms with Crippen LogP contribution in [0.5, 0.6) is 0 Å². The fourth-order valence-corrected chi connectivity index (χ4v) is 0.158. The van der Waals surface area contributed by atoms with Gasteiger partial charge in [0.05, 0.1) is 0 Å². The molecule has 0 saturated carbocycles. The second kappa shape index (κ2) is 16.1. The van der Waals surface area contributed by atoms with Crippen molar-refractivity contribution in [2.24, 2.45) is 0 Å². The molecule has 0 radical (unpaired) electrons. The molecule has 4 heteroatoms. The third-order valence-corrected chi connectivity index (χ3v) is 0.512. The second-order valence-electron chi connectivity index (χ2n) is 1.15. The maximum atomic E-state index is 8.07. The molecule has 0 aromatic rings. The van der Waals surface area contributed by atoms with Crippen molar-refractivity contribution >= 4 is 36.1 Å². The van der Waals surface area contributed by atoms with Crippen LogP contribution in [0.15, 0.2) is 0 Å². The van der Waals surface area contributed by atoms with Crippen molar-refractivity contribution in [3.05, 3.63) is 0 Å². The van der Waals surface area contributed by atoms with E-state index < -0.39 is 0 Å². The van der Waals surface area contributed by atoms with Crippen LogP contribution in [0, 0.1) is 0 Å². The number of aliphatic hydroxyl groups excluding tert-OH is 1. The summed E-state index contributed by atoms with van der Waals surface area (Å²) >= 11 is 5.06. The number of hydrogen-bond donors (Lipinski definition) is 1. The van der Waals surface area contributed by atoms with Crippen LogP contribution in [0.4, 0.5) is 0 Å². The van der Waals surface area contributed by atoms with Gasteiger partial charge < -0.3 is 5.11 Å². The average Bonchev–Trinajstić information content (AvgIpc) is 1.71. The zero-order chi connectivity index (χ0) is 6.83. The molecule has 1 nitrogen and oxygen atoms in total. The summed E-state index contributed by atoms with van der Waals surface area (Å²) in [5.41, 5.74) is 0. The van der Waals surface area contributed by atoms with Crippen molar-refractivity contribution in [2.45, 2.75) is 19.8 Å². The molecule has 0 unspecified atom stereocenters. The minimum atomic E-state index is 0.170. The molecule has 0 bridgehead atoms. The van der Waals surface area contributed by atoms with Gasteiger partial charge in [0.1, 0.15) is 0 Å². The number of hydrogen-bond acceptors (Lipinski definition) is 1. The van der Waals surface area contributed by atoms with Crippen molar-refractivity contribution in [1.29, 1.82) is 0 Å². The normalized spacial score (nSPS) is 7.00. The van der Waals surface area contributed by atoms with Gasteiger partial charge in [-0.25, -0.2) is 0 Å². The van der Waals surface area contributed by atoms with E-state index in [0.717, 1.165) is 12.8 Å². The van der Waals surface area contributed by atoms with E-state index in [0.29, 0.717) is 6.61 Å². The number of aliphatic hydroxyl groups is 1. The molecule has 0 amide bonds. The molecule has 0 rings (SSSR count). The summed E-state index contributed by atoms with van der Waals surface area (Å²) in [6, 6.07) is 0. The Balaban J connectivity index is 0. The van der Waals surface area contributed by atoms with Gasteiger partial charge in [0.15, 0.2) is 0 Å². The van der Waals surface area contributed by atoms with Gasteiger partial charge in [0.2, 0.25) is 0 Å². The number of unbranched alkanes of at least 4 members (excludes halogenated alkanes) is 1. The summed E-state index contributed by atoms with van der Waals surface area (Å²) in [5, 5.41) is 8.07. The van der Waals surface area contributed by atoms with Gasteiger partial charge in [0, 0.05) is 6.61 Å². The summed E-state index contributed by atoms with van der Waals surface area (Å²) < 4.78 is 0. The van der Waals surface area contributed by atoms with Crippen LogP contribution in [0.3, 0.4) is 0 Å². The van der Waals surface area contributed by atoms with E-state index >= 15 is 0 Å². The van der Waals surface area contributed by atoms with Gasteiger partial charge in [-0.1, -0.05) is 13.3 Å². The Bertz CT molecular complexity index is 28.0. The molecular weight excluding hydrogens is 409 g/mol. The Kier molecular flexibility index (Phi) is 26.1. The summed E-state index contributed by atoms with van der Waals surface area (Å²) in [6.45, 7) is 2.40. The summed E-state index contributed by atoms with van der Waals surface area (Å²) in [7, 11) is 0. The summed E-state index contributed by atoms with van der Waals surface area (Å²) in [4.78, 5) is 0. The minimum absolute atomic E-state index is 0.170. The molecule has 50 valence electrons. The molecule has 0 aliphatic carbocycles. The fraction of sp³-hybridized carbons (Fsp3) is 1.00. The molecule has 0 aliphatic rings. The molecule has 8 heavy (non-hydrogen) atoms. The van der Waals surface area contributed by atoms with Crippen molar-refractivity contribution in [1.82, 2.24) is 0 Å². The third-order valence-electron chi connectivity index (χ3n) is 0.512. The molecule has 0 aromatic carbocycles. The predicted molar refractivity (Wildman–Crippen MR) is 50.0 cm³/mol. The van der Waals surface area contributed by atoms with Gasteiger partial charge in [-0.2, -0.15) is 0 Å². The van der Waals surface area contributed by atoms with E-state index in [2.05, 4.69) is 43.0 Å². The first kappa shape index (κ1) is 12.9. The first-order valence-electron chi connectivity index (χ1n) is 2.40. The van der Waals surface area contributed by atoms with Crippen LogP contribution in [-0.4, -0.2) is 11.7 Å². The van der Waals surface area contributed by atoms with Crippen LogP contribution in [0.2, 0.25) is 0 Å². The first-order valence-corrected chi connectivity index (χ1v) is 17.0. The van der Waals surface area contributed by atoms with E-state index in [9.17, 15) is 0 Å². The van der Waals surface area contributed by atoms with Gasteiger partial charge in [-0.3, -0.25) is 0 Å². The Morgan fingerprint density at radius 2 is 1.88 bits per heavy atom. The zero-order valence-electron chi connectivity index (χ0n) is 4.82. The molecule has 0 atom stereocenters. The van der Waals surface area contributed by atoms with Crippen molar-refractivity contribution < 1.29 is 20.0 Å². The molecule has 0 saturated heterocycles. The molecule has 0 aromatic heterocycles. The van der Waals surface area contributed by atoms with E-state index in [1.165, 1.54) is 0 Å². The standard InChI is InChI=1S/C4H10O.2HI.Zr/c1-2-3-4-5;;;/h5H,2-4H2,1H3;2*1H;/q;;;+2/p-2. The molecule has 0 spiro atoms. The van der Waals surface area contributed by atoms with E-state index in [-0.39, 0.29) is 14.9 Å². The van der Waals surface area contributed by atoms with Crippen molar-refractivity contribution in [3.8, 4) is 0 Å². The van der Waals surface area contributed by atoms with Crippen LogP contribution in [0.1, 0.15) is 19.8 Å². The van der Waals surface area contributed by atoms with Gasteiger partial charge >= 0.3 is 50.9 Å². The molecule has 0 heterocycles. The van der Waals surface area contributed by atoms with Crippen LogP contribution in [-0.2, 0) is 14.9 Å². The first-order chi connectivity index (χ1) is 3.83. The maximum absolute atomic E-state index is 8.07. The molecule has 1 N–H and O–H groups in total. The molecular formula is C4H10I2OZr. The Morgan fingerprint density at radius 1 is 1.50 bits per heavy atom. The zero-order valence-corrected chi connectivity index (χ0v) is 11.6. The summed E-state index contributed by atoms with van der Waals surface area (Å²) in [6.07, 6.45) is 2.04. The SMILES string of the molecule is CCCCO.[I][Zr][I]. The van der Waals surface area contributed by atoms with E-state index in [1.54, 1.807) is 0 Å². The number of rotatable bonds is 2. The average molecular weight is 419 g/mol. The van der Waals surface area contributed by atoms with Crippen LogP contribution < -0.4 is 0 Å². The van der Waals surface area contributed by atoms with E-state index in [4.69, 9.17) is 5.11 Å². The predicted octanol–water partition coefficient (Wildman–Crippen LogP) is 2.55. The topological polar surface area (TPSA) is 20.2 Å². The third kappa shape index (κ3) is 23.9. The van der Waals surface area contributed by atoms with Gasteiger partial charge in [-0.05, 0) is 6.42 Å². The van der Waals surface area contributed by atoms with Gasteiger partial charge in [0.25, 0.3) is 0 Å². The van der Waals surface area contributed by atoms with Crippen molar-refractivity contribution in [2.75, 3.05) is 6.61 Å².